The predicted molar refractivity (Wildman–Crippen MR) is 89.3 cm³/mol. The quantitative estimate of drug-likeness (QED) is 0.835. The molecular formula is C15H18ClN5O3. The number of nitrogens with one attached hydrogen (secondary N) is 2. The molecule has 1 saturated heterocycles. The molecule has 1 aromatic heterocycles. The molecule has 0 spiro atoms. The number of anilines is 1. The highest BCUT2D eigenvalue weighted by Gasteiger charge is 2.27. The van der Waals surface area contributed by atoms with Gasteiger partial charge in [-0.15, -0.1) is 12.4 Å². The number of amides is 1. The second-order valence-electron chi connectivity index (χ2n) is 5.68. The average molecular weight is 352 g/mol. The van der Waals surface area contributed by atoms with Crippen LogP contribution in [0.5, 0.6) is 5.75 Å². The van der Waals surface area contributed by atoms with E-state index in [1.165, 1.54) is 0 Å². The molecule has 0 saturated carbocycles. The van der Waals surface area contributed by atoms with E-state index in [0.717, 1.165) is 19.6 Å². The highest BCUT2D eigenvalue weighted by Crippen LogP contribution is 2.37. The Balaban J connectivity index is 0.00000169. The van der Waals surface area contributed by atoms with Gasteiger partial charge in [0.1, 0.15) is 0 Å². The number of hydrogen-bond donors (Lipinski definition) is 2. The average Bonchev–Trinajstić information content (AvgIpc) is 3.04. The zero-order valence-corrected chi connectivity index (χ0v) is 13.9. The summed E-state index contributed by atoms with van der Waals surface area (Å²) in [6.07, 6.45) is 0. The molecule has 128 valence electrons. The Morgan fingerprint density at radius 1 is 1.38 bits per heavy atom. The summed E-state index contributed by atoms with van der Waals surface area (Å²) in [7, 11) is 2.05. The van der Waals surface area contributed by atoms with Gasteiger partial charge in [0.05, 0.1) is 17.3 Å². The third-order valence-electron chi connectivity index (χ3n) is 4.12. The number of aromatic nitrogens is 2. The SMILES string of the molecule is CN1CCNCC1c1noc(-c2cccc3c2OCC(=O)N3)n1.Cl. The molecule has 0 aliphatic carbocycles. The molecule has 1 atom stereocenters. The van der Waals surface area contributed by atoms with E-state index >= 15 is 0 Å². The van der Waals surface area contributed by atoms with Gasteiger partial charge in [0, 0.05) is 19.6 Å². The first kappa shape index (κ1) is 16.7. The summed E-state index contributed by atoms with van der Waals surface area (Å²) < 4.78 is 11.0. The van der Waals surface area contributed by atoms with Gasteiger partial charge in [-0.25, -0.2) is 0 Å². The van der Waals surface area contributed by atoms with Gasteiger partial charge in [-0.1, -0.05) is 11.2 Å². The second kappa shape index (κ2) is 6.76. The van der Waals surface area contributed by atoms with Crippen molar-refractivity contribution in [3.8, 4) is 17.2 Å². The van der Waals surface area contributed by atoms with Crippen LogP contribution in [-0.4, -0.2) is 54.2 Å². The Labute approximate surface area is 145 Å². The number of likely N-dealkylation sites (N-methyl/N-ethyl adjacent to an activating group) is 1. The number of ether oxygens (including phenoxy) is 1. The van der Waals surface area contributed by atoms with E-state index in [-0.39, 0.29) is 31.0 Å². The molecule has 9 heteroatoms. The number of para-hydroxylation sites is 1. The first-order chi connectivity index (χ1) is 11.2. The summed E-state index contributed by atoms with van der Waals surface area (Å²) in [5, 5.41) is 10.2. The van der Waals surface area contributed by atoms with Crippen molar-refractivity contribution in [3.63, 3.8) is 0 Å². The van der Waals surface area contributed by atoms with Crippen molar-refractivity contribution in [3.05, 3.63) is 24.0 Å². The van der Waals surface area contributed by atoms with Gasteiger partial charge >= 0.3 is 0 Å². The van der Waals surface area contributed by atoms with E-state index < -0.39 is 0 Å². The maximum Gasteiger partial charge on any atom is 0.262 e. The molecule has 1 unspecified atom stereocenters. The topological polar surface area (TPSA) is 92.5 Å². The number of piperazine rings is 1. The van der Waals surface area contributed by atoms with Crippen molar-refractivity contribution in [2.45, 2.75) is 6.04 Å². The zero-order valence-electron chi connectivity index (χ0n) is 13.1. The minimum Gasteiger partial charge on any atom is -0.481 e. The third-order valence-corrected chi connectivity index (χ3v) is 4.12. The number of carbonyl (C=O) groups excluding carboxylic acids is 1. The van der Waals surface area contributed by atoms with E-state index in [4.69, 9.17) is 9.26 Å². The lowest BCUT2D eigenvalue weighted by Crippen LogP contribution is -2.44. The van der Waals surface area contributed by atoms with Crippen molar-refractivity contribution >= 4 is 24.0 Å². The number of hydrogen-bond acceptors (Lipinski definition) is 7. The van der Waals surface area contributed by atoms with Crippen LogP contribution in [0.4, 0.5) is 5.69 Å². The largest absolute Gasteiger partial charge is 0.481 e. The van der Waals surface area contributed by atoms with E-state index in [2.05, 4.69) is 25.7 Å². The molecule has 0 bridgehead atoms. The van der Waals surface area contributed by atoms with Gasteiger partial charge < -0.3 is 19.9 Å². The molecular weight excluding hydrogens is 334 g/mol. The molecule has 2 aromatic rings. The summed E-state index contributed by atoms with van der Waals surface area (Å²) in [6.45, 7) is 2.66. The number of rotatable bonds is 2. The molecule has 4 rings (SSSR count). The standard InChI is InChI=1S/C15H17N5O3.ClH/c1-20-6-5-16-7-11(20)14-18-15(23-19-14)9-3-2-4-10-13(9)22-8-12(21)17-10;/h2-4,11,16H,5-8H2,1H3,(H,17,21);1H. The van der Waals surface area contributed by atoms with Crippen molar-refractivity contribution in [1.29, 1.82) is 0 Å². The Morgan fingerprint density at radius 2 is 2.25 bits per heavy atom. The minimum atomic E-state index is -0.171. The summed E-state index contributed by atoms with van der Waals surface area (Å²) in [6, 6.07) is 5.53. The van der Waals surface area contributed by atoms with Gasteiger partial charge in [0.15, 0.2) is 18.2 Å². The lowest BCUT2D eigenvalue weighted by molar-refractivity contribution is -0.118. The zero-order chi connectivity index (χ0) is 15.8. The number of benzene rings is 1. The molecule has 24 heavy (non-hydrogen) atoms. The van der Waals surface area contributed by atoms with E-state index in [1.807, 2.05) is 19.2 Å². The Morgan fingerprint density at radius 3 is 3.08 bits per heavy atom. The predicted octanol–water partition coefficient (Wildman–Crippen LogP) is 1.07. The first-order valence-corrected chi connectivity index (χ1v) is 7.53. The van der Waals surface area contributed by atoms with Gasteiger partial charge in [-0.2, -0.15) is 4.98 Å². The van der Waals surface area contributed by atoms with Crippen LogP contribution in [0.15, 0.2) is 22.7 Å². The van der Waals surface area contributed by atoms with Crippen LogP contribution in [0.2, 0.25) is 0 Å². The highest BCUT2D eigenvalue weighted by molar-refractivity contribution is 5.97. The van der Waals surface area contributed by atoms with Gasteiger partial charge in [-0.05, 0) is 19.2 Å². The van der Waals surface area contributed by atoms with Gasteiger partial charge in [0.25, 0.3) is 11.8 Å². The normalized spacial score (nSPS) is 20.5. The molecule has 0 radical (unpaired) electrons. The smallest absolute Gasteiger partial charge is 0.262 e. The summed E-state index contributed by atoms with van der Waals surface area (Å²) in [5.74, 6) is 1.44. The number of carbonyl (C=O) groups is 1. The fraction of sp³-hybridized carbons (Fsp3) is 0.400. The van der Waals surface area contributed by atoms with Crippen molar-refractivity contribution < 1.29 is 14.1 Å². The number of nitrogens with zero attached hydrogens (tertiary/aromatic N) is 3. The van der Waals surface area contributed by atoms with Crippen molar-refractivity contribution in [1.82, 2.24) is 20.4 Å². The van der Waals surface area contributed by atoms with E-state index in [9.17, 15) is 4.79 Å². The molecule has 8 nitrogen and oxygen atoms in total. The first-order valence-electron chi connectivity index (χ1n) is 7.53. The molecule has 2 N–H and O–H groups in total. The Kier molecular flexibility index (Phi) is 4.70. The molecule has 2 aliphatic heterocycles. The summed E-state index contributed by atoms with van der Waals surface area (Å²) in [5.41, 5.74) is 1.31. The fourth-order valence-electron chi connectivity index (χ4n) is 2.86. The summed E-state index contributed by atoms with van der Waals surface area (Å²) in [4.78, 5) is 18.1. The Bertz CT molecular complexity index is 750. The monoisotopic (exact) mass is 351 g/mol. The minimum absolute atomic E-state index is 0. The molecule has 1 fully saturated rings. The van der Waals surface area contributed by atoms with Crippen LogP contribution >= 0.6 is 12.4 Å². The van der Waals surface area contributed by atoms with E-state index in [0.29, 0.717) is 28.7 Å². The van der Waals surface area contributed by atoms with E-state index in [1.54, 1.807) is 6.07 Å². The fourth-order valence-corrected chi connectivity index (χ4v) is 2.86. The van der Waals surface area contributed by atoms with Crippen LogP contribution in [0, 0.1) is 0 Å². The van der Waals surface area contributed by atoms with Crippen LogP contribution in [0.25, 0.3) is 11.5 Å². The third kappa shape index (κ3) is 2.95. The Hall–Kier alpha value is -2.16. The highest BCUT2D eigenvalue weighted by atomic mass is 35.5. The number of halogens is 1. The van der Waals surface area contributed by atoms with Crippen LogP contribution < -0.4 is 15.4 Å². The van der Waals surface area contributed by atoms with Gasteiger partial charge in [-0.3, -0.25) is 9.69 Å². The molecule has 1 amide bonds. The van der Waals surface area contributed by atoms with Crippen LogP contribution in [0.3, 0.4) is 0 Å². The molecule has 2 aliphatic rings. The maximum absolute atomic E-state index is 11.4. The second-order valence-corrected chi connectivity index (χ2v) is 5.68. The van der Waals surface area contributed by atoms with Crippen molar-refractivity contribution in [2.24, 2.45) is 0 Å². The summed E-state index contributed by atoms with van der Waals surface area (Å²) >= 11 is 0. The number of fused-ring (bicyclic) bond motifs is 1. The van der Waals surface area contributed by atoms with Gasteiger partial charge in [0.2, 0.25) is 0 Å². The maximum atomic E-state index is 11.4. The van der Waals surface area contributed by atoms with Crippen LogP contribution in [-0.2, 0) is 4.79 Å². The molecule has 1 aromatic carbocycles. The lowest BCUT2D eigenvalue weighted by Gasteiger charge is -2.30. The van der Waals surface area contributed by atoms with Crippen molar-refractivity contribution in [2.75, 3.05) is 38.6 Å². The molecule has 3 heterocycles. The van der Waals surface area contributed by atoms with Crippen LogP contribution in [0.1, 0.15) is 11.9 Å². The lowest BCUT2D eigenvalue weighted by atomic mass is 10.1.